The summed E-state index contributed by atoms with van der Waals surface area (Å²) >= 11 is 0. The Balaban J connectivity index is 1.67. The molecule has 0 bridgehead atoms. The van der Waals surface area contributed by atoms with Gasteiger partial charge in [-0.3, -0.25) is 19.2 Å². The van der Waals surface area contributed by atoms with Crippen molar-refractivity contribution in [3.63, 3.8) is 0 Å². The van der Waals surface area contributed by atoms with Crippen LogP contribution in [-0.2, 0) is 47.6 Å². The summed E-state index contributed by atoms with van der Waals surface area (Å²) < 4.78 is 49.0. The Labute approximate surface area is 255 Å². The second-order valence-electron chi connectivity index (χ2n) is 9.72. The lowest BCUT2D eigenvalue weighted by Gasteiger charge is -2.43. The molecule has 0 spiro atoms. The van der Waals surface area contributed by atoms with Gasteiger partial charge in [0.2, 0.25) is 18.2 Å². The van der Waals surface area contributed by atoms with Crippen molar-refractivity contribution in [1.29, 1.82) is 0 Å². The lowest BCUT2D eigenvalue weighted by Crippen LogP contribution is -2.63. The molecule has 1 aromatic carbocycles. The number of carbonyl (C=O) groups excluding carboxylic acids is 5. The Morgan fingerprint density at radius 3 is 2.07 bits per heavy atom. The fourth-order valence-corrected chi connectivity index (χ4v) is 4.55. The summed E-state index contributed by atoms with van der Waals surface area (Å²) in [6, 6.07) is 8.71. The van der Waals surface area contributed by atoms with Gasteiger partial charge in [-0.15, -0.1) is 0 Å². The first-order chi connectivity index (χ1) is 21.4. The third-order valence-electron chi connectivity index (χ3n) is 6.26. The first kappa shape index (κ1) is 32.7. The Morgan fingerprint density at radius 2 is 1.42 bits per heavy atom. The number of hydrogen-bond donors (Lipinski definition) is 0. The SMILES string of the molecule is CCOC(=O)c1ccc(-c2cc3ccc(O[C@@H]4O[C@H](COC(C)=O)[C@H](OC(C)=O)[C@H](OC(C)=O)[C@H]4OC(C)=O)cc3oc2=O)o1. The number of esters is 5. The summed E-state index contributed by atoms with van der Waals surface area (Å²) in [7, 11) is 0. The predicted molar refractivity (Wildman–Crippen MR) is 149 cm³/mol. The van der Waals surface area contributed by atoms with Crippen molar-refractivity contribution in [3.8, 4) is 17.1 Å². The number of hydrogen-bond acceptors (Lipinski definition) is 15. The Bertz CT molecular complexity index is 1650. The maximum atomic E-state index is 12.9. The highest BCUT2D eigenvalue weighted by molar-refractivity contribution is 5.87. The molecule has 15 heteroatoms. The van der Waals surface area contributed by atoms with Crippen molar-refractivity contribution >= 4 is 40.8 Å². The van der Waals surface area contributed by atoms with E-state index in [-0.39, 0.29) is 35.0 Å². The third-order valence-corrected chi connectivity index (χ3v) is 6.26. The molecule has 3 heterocycles. The zero-order chi connectivity index (χ0) is 32.8. The van der Waals surface area contributed by atoms with Crippen LogP contribution in [0.3, 0.4) is 0 Å². The van der Waals surface area contributed by atoms with Gasteiger partial charge in [0.15, 0.2) is 12.2 Å². The minimum atomic E-state index is -1.49. The lowest BCUT2D eigenvalue weighted by molar-refractivity contribution is -0.288. The molecule has 15 nitrogen and oxygen atoms in total. The van der Waals surface area contributed by atoms with Gasteiger partial charge >= 0.3 is 35.5 Å². The van der Waals surface area contributed by atoms with Gasteiger partial charge in [0, 0.05) is 39.1 Å². The molecule has 5 atom stereocenters. The van der Waals surface area contributed by atoms with Crippen LogP contribution < -0.4 is 10.4 Å². The average Bonchev–Trinajstić information content (AvgIpc) is 3.44. The largest absolute Gasteiger partial charge is 0.463 e. The van der Waals surface area contributed by atoms with Crippen LogP contribution in [0.2, 0.25) is 0 Å². The second-order valence-corrected chi connectivity index (χ2v) is 9.72. The van der Waals surface area contributed by atoms with Crippen molar-refractivity contribution in [2.75, 3.05) is 13.2 Å². The van der Waals surface area contributed by atoms with E-state index >= 15 is 0 Å². The van der Waals surface area contributed by atoms with Crippen molar-refractivity contribution in [2.45, 2.75) is 65.3 Å². The molecular formula is C30H30O15. The molecular weight excluding hydrogens is 600 g/mol. The van der Waals surface area contributed by atoms with Crippen LogP contribution in [0, 0.1) is 0 Å². The van der Waals surface area contributed by atoms with Crippen molar-refractivity contribution in [1.82, 2.24) is 0 Å². The van der Waals surface area contributed by atoms with Crippen LogP contribution in [-0.4, -0.2) is 73.8 Å². The number of rotatable bonds is 10. The van der Waals surface area contributed by atoms with E-state index in [1.807, 2.05) is 0 Å². The van der Waals surface area contributed by atoms with Crippen LogP contribution >= 0.6 is 0 Å². The first-order valence-electron chi connectivity index (χ1n) is 13.7. The highest BCUT2D eigenvalue weighted by Gasteiger charge is 2.53. The van der Waals surface area contributed by atoms with E-state index in [0.717, 1.165) is 27.7 Å². The molecule has 240 valence electrons. The molecule has 1 saturated heterocycles. The minimum absolute atomic E-state index is 0.0475. The summed E-state index contributed by atoms with van der Waals surface area (Å²) in [5, 5.41) is 0.451. The monoisotopic (exact) mass is 630 g/mol. The van der Waals surface area contributed by atoms with E-state index in [2.05, 4.69) is 0 Å². The van der Waals surface area contributed by atoms with Crippen molar-refractivity contribution in [3.05, 3.63) is 52.6 Å². The summed E-state index contributed by atoms with van der Waals surface area (Å²) in [6.07, 6.45) is -6.94. The summed E-state index contributed by atoms with van der Waals surface area (Å²) in [4.78, 5) is 72.4. The van der Waals surface area contributed by atoms with E-state index in [4.69, 9.17) is 42.0 Å². The predicted octanol–water partition coefficient (Wildman–Crippen LogP) is 2.69. The molecule has 0 aliphatic carbocycles. The quantitative estimate of drug-likeness (QED) is 0.180. The molecule has 4 rings (SSSR count). The molecule has 45 heavy (non-hydrogen) atoms. The van der Waals surface area contributed by atoms with Crippen LogP contribution in [0.4, 0.5) is 0 Å². The van der Waals surface area contributed by atoms with Crippen LogP contribution in [0.5, 0.6) is 5.75 Å². The van der Waals surface area contributed by atoms with Crippen molar-refractivity contribution < 1.29 is 66.0 Å². The van der Waals surface area contributed by atoms with Gasteiger partial charge in [-0.2, -0.15) is 0 Å². The third kappa shape index (κ3) is 8.06. The van der Waals surface area contributed by atoms with Gasteiger partial charge in [0.25, 0.3) is 0 Å². The molecule has 2 aromatic heterocycles. The standard InChI is InChI=1S/C30H30O15/c1-6-37-29(36)22-10-9-21(43-22)20-11-18-7-8-19(12-23(18)44-28(20)35)42-30-27(41-17(5)34)26(40-16(4)33)25(39-15(3)32)24(45-30)13-38-14(2)31/h7-12,24-27,30H,6,13H2,1-5H3/t24-,25+,26+,27-,30-/m1/s1. The van der Waals surface area contributed by atoms with E-state index in [0.29, 0.717) is 5.39 Å². The number of carbonyl (C=O) groups is 5. The average molecular weight is 631 g/mol. The van der Waals surface area contributed by atoms with Crippen LogP contribution in [0.25, 0.3) is 22.3 Å². The summed E-state index contributed by atoms with van der Waals surface area (Å²) in [5.74, 6) is -3.64. The number of benzene rings is 1. The maximum absolute atomic E-state index is 12.9. The highest BCUT2D eigenvalue weighted by atomic mass is 16.7. The Hall–Kier alpha value is -5.18. The summed E-state index contributed by atoms with van der Waals surface area (Å²) in [5.41, 5.74) is -0.646. The molecule has 0 radical (unpaired) electrons. The topological polar surface area (TPSA) is 193 Å². The molecule has 1 fully saturated rings. The molecule has 1 aliphatic rings. The van der Waals surface area contributed by atoms with E-state index < -0.39 is 72.8 Å². The normalized spacial score (nSPS) is 21.0. The van der Waals surface area contributed by atoms with Gasteiger partial charge in [0.05, 0.1) is 6.61 Å². The zero-order valence-corrected chi connectivity index (χ0v) is 24.9. The van der Waals surface area contributed by atoms with E-state index in [1.54, 1.807) is 13.0 Å². The fraction of sp³-hybridized carbons (Fsp3) is 0.400. The fourth-order valence-electron chi connectivity index (χ4n) is 4.55. The smallest absolute Gasteiger partial charge is 0.374 e. The van der Waals surface area contributed by atoms with E-state index in [9.17, 15) is 28.8 Å². The molecule has 0 amide bonds. The summed E-state index contributed by atoms with van der Waals surface area (Å²) in [6.45, 7) is 5.83. The van der Waals surface area contributed by atoms with Gasteiger partial charge < -0.3 is 42.0 Å². The highest BCUT2D eigenvalue weighted by Crippen LogP contribution is 2.32. The lowest BCUT2D eigenvalue weighted by atomic mass is 9.98. The second kappa shape index (κ2) is 14.1. The molecule has 3 aromatic rings. The van der Waals surface area contributed by atoms with Gasteiger partial charge in [-0.1, -0.05) is 0 Å². The Kier molecular flexibility index (Phi) is 10.2. The van der Waals surface area contributed by atoms with Gasteiger partial charge in [0.1, 0.15) is 35.4 Å². The minimum Gasteiger partial charge on any atom is -0.463 e. The van der Waals surface area contributed by atoms with Gasteiger partial charge in [-0.05, 0) is 37.3 Å². The van der Waals surface area contributed by atoms with Gasteiger partial charge in [-0.25, -0.2) is 9.59 Å². The number of ether oxygens (including phenoxy) is 7. The van der Waals surface area contributed by atoms with Crippen molar-refractivity contribution in [2.24, 2.45) is 0 Å². The zero-order valence-electron chi connectivity index (χ0n) is 24.9. The van der Waals surface area contributed by atoms with Crippen LogP contribution in [0.1, 0.15) is 45.2 Å². The molecule has 1 aliphatic heterocycles. The number of furan rings is 1. The molecule has 0 saturated carbocycles. The molecule has 0 N–H and O–H groups in total. The first-order valence-corrected chi connectivity index (χ1v) is 13.7. The maximum Gasteiger partial charge on any atom is 0.374 e. The molecule has 0 unspecified atom stereocenters. The van der Waals surface area contributed by atoms with E-state index in [1.165, 1.54) is 30.3 Å². The number of fused-ring (bicyclic) bond motifs is 1. The Morgan fingerprint density at radius 1 is 0.756 bits per heavy atom. The van der Waals surface area contributed by atoms with Crippen LogP contribution in [0.15, 0.2) is 50.0 Å².